The minimum Gasteiger partial charge on any atom is -0.494 e. The molecule has 0 atom stereocenters. The van der Waals surface area contributed by atoms with Gasteiger partial charge in [-0.15, -0.1) is 0 Å². The fraction of sp³-hybridized carbons (Fsp3) is 0.111. The first-order chi connectivity index (χ1) is 11.6. The number of rotatable bonds is 4. The highest BCUT2D eigenvalue weighted by molar-refractivity contribution is 5.90. The highest BCUT2D eigenvalue weighted by Crippen LogP contribution is 2.34. The first-order valence-electron chi connectivity index (χ1n) is 7.24. The molecule has 0 aliphatic heterocycles. The van der Waals surface area contributed by atoms with Gasteiger partial charge in [0.25, 0.3) is 0 Å². The zero-order valence-corrected chi connectivity index (χ0v) is 13.2. The fourth-order valence-corrected chi connectivity index (χ4v) is 2.34. The number of nitrogens with one attached hydrogen (secondary N) is 1. The van der Waals surface area contributed by atoms with E-state index in [9.17, 15) is 9.18 Å². The number of benzene rings is 2. The lowest BCUT2D eigenvalue weighted by Gasteiger charge is -2.12. The van der Waals surface area contributed by atoms with Gasteiger partial charge in [-0.1, -0.05) is 0 Å². The molecule has 0 fully saturated rings. The van der Waals surface area contributed by atoms with E-state index in [2.05, 4.69) is 10.3 Å². The first-order valence-corrected chi connectivity index (χ1v) is 7.24. The van der Waals surface area contributed by atoms with E-state index < -0.39 is 0 Å². The van der Waals surface area contributed by atoms with Crippen LogP contribution < -0.4 is 14.8 Å². The predicted octanol–water partition coefficient (Wildman–Crippen LogP) is 4.13. The second kappa shape index (κ2) is 6.54. The maximum absolute atomic E-state index is 13.3. The molecule has 2 aromatic carbocycles. The Balaban J connectivity index is 1.95. The van der Waals surface area contributed by atoms with Crippen molar-refractivity contribution in [3.63, 3.8) is 0 Å². The Bertz CT molecular complexity index is 912. The van der Waals surface area contributed by atoms with E-state index >= 15 is 0 Å². The van der Waals surface area contributed by atoms with Crippen LogP contribution in [-0.2, 0) is 4.79 Å². The van der Waals surface area contributed by atoms with Gasteiger partial charge in [0.1, 0.15) is 23.1 Å². The molecule has 1 heterocycles. The van der Waals surface area contributed by atoms with Gasteiger partial charge in [-0.3, -0.25) is 9.78 Å². The van der Waals surface area contributed by atoms with Crippen LogP contribution in [0.5, 0.6) is 17.2 Å². The first kappa shape index (κ1) is 15.7. The molecule has 24 heavy (non-hydrogen) atoms. The number of halogens is 1. The molecule has 0 saturated carbocycles. The van der Waals surface area contributed by atoms with Gasteiger partial charge in [-0.2, -0.15) is 0 Å². The quantitative estimate of drug-likeness (QED) is 0.783. The summed E-state index contributed by atoms with van der Waals surface area (Å²) >= 11 is 0. The van der Waals surface area contributed by atoms with Gasteiger partial charge in [-0.25, -0.2) is 4.39 Å². The maximum atomic E-state index is 13.3. The van der Waals surface area contributed by atoms with Crippen molar-refractivity contribution in [1.82, 2.24) is 4.98 Å². The summed E-state index contributed by atoms with van der Waals surface area (Å²) in [5, 5.41) is 3.38. The van der Waals surface area contributed by atoms with Crippen molar-refractivity contribution in [1.29, 1.82) is 0 Å². The molecule has 6 heteroatoms. The van der Waals surface area contributed by atoms with Crippen LogP contribution in [0.2, 0.25) is 0 Å². The second-order valence-corrected chi connectivity index (χ2v) is 5.12. The number of aromatic nitrogens is 1. The lowest BCUT2D eigenvalue weighted by Crippen LogP contribution is -2.07. The summed E-state index contributed by atoms with van der Waals surface area (Å²) < 4.78 is 24.5. The number of pyridine rings is 1. The summed E-state index contributed by atoms with van der Waals surface area (Å²) in [4.78, 5) is 15.3. The monoisotopic (exact) mass is 326 g/mol. The van der Waals surface area contributed by atoms with Gasteiger partial charge in [0.15, 0.2) is 0 Å². The number of methoxy groups -OCH3 is 1. The number of fused-ring (bicyclic) bond motifs is 1. The van der Waals surface area contributed by atoms with Gasteiger partial charge >= 0.3 is 0 Å². The topological polar surface area (TPSA) is 60.5 Å². The molecule has 0 unspecified atom stereocenters. The van der Waals surface area contributed by atoms with Crippen molar-refractivity contribution in [3.05, 3.63) is 54.5 Å². The van der Waals surface area contributed by atoms with E-state index in [0.29, 0.717) is 33.8 Å². The third kappa shape index (κ3) is 3.27. The largest absolute Gasteiger partial charge is 0.494 e. The average Bonchev–Trinajstić information content (AvgIpc) is 2.55. The minimum atomic E-state index is -0.353. The molecular weight excluding hydrogens is 311 g/mol. The molecule has 0 aliphatic carbocycles. The number of anilines is 1. The Labute approximate surface area is 138 Å². The van der Waals surface area contributed by atoms with E-state index in [1.807, 2.05) is 0 Å². The molecule has 3 aromatic rings. The van der Waals surface area contributed by atoms with Gasteiger partial charge < -0.3 is 14.8 Å². The molecule has 3 rings (SSSR count). The normalized spacial score (nSPS) is 10.5. The fourth-order valence-electron chi connectivity index (χ4n) is 2.34. The van der Waals surface area contributed by atoms with Gasteiger partial charge in [0.05, 0.1) is 18.3 Å². The van der Waals surface area contributed by atoms with Crippen molar-refractivity contribution in [2.24, 2.45) is 0 Å². The molecule has 122 valence electrons. The van der Waals surface area contributed by atoms with Crippen molar-refractivity contribution in [2.45, 2.75) is 6.92 Å². The van der Waals surface area contributed by atoms with Crippen LogP contribution in [0.3, 0.4) is 0 Å². The Hall–Kier alpha value is -3.15. The Morgan fingerprint density at radius 3 is 2.71 bits per heavy atom. The number of carbonyl (C=O) groups excluding carboxylic acids is 1. The van der Waals surface area contributed by atoms with E-state index in [-0.39, 0.29) is 11.7 Å². The van der Waals surface area contributed by atoms with Crippen LogP contribution in [0.4, 0.5) is 10.1 Å². The third-order valence-corrected chi connectivity index (χ3v) is 3.38. The molecule has 1 amide bonds. The molecule has 1 N–H and O–H groups in total. The summed E-state index contributed by atoms with van der Waals surface area (Å²) in [5.41, 5.74) is 1.06. The van der Waals surface area contributed by atoms with Crippen LogP contribution in [0.25, 0.3) is 10.9 Å². The summed E-state index contributed by atoms with van der Waals surface area (Å²) in [6.07, 6.45) is 1.56. The van der Waals surface area contributed by atoms with E-state index in [4.69, 9.17) is 9.47 Å². The number of nitrogens with zero attached hydrogens (tertiary/aromatic N) is 1. The van der Waals surface area contributed by atoms with Crippen LogP contribution >= 0.6 is 0 Å². The SMILES string of the molecule is COc1cc(Oc2ccnc3cc(F)ccc23)ccc1NC(C)=O. The Kier molecular flexibility index (Phi) is 4.29. The maximum Gasteiger partial charge on any atom is 0.221 e. The molecule has 0 saturated heterocycles. The molecular formula is C18H15FN2O3. The second-order valence-electron chi connectivity index (χ2n) is 5.12. The van der Waals surface area contributed by atoms with Crippen molar-refractivity contribution in [3.8, 4) is 17.2 Å². The molecule has 0 radical (unpaired) electrons. The highest BCUT2D eigenvalue weighted by Gasteiger charge is 2.09. The molecule has 5 nitrogen and oxygen atoms in total. The summed E-state index contributed by atoms with van der Waals surface area (Å²) in [6, 6.07) is 11.1. The predicted molar refractivity (Wildman–Crippen MR) is 89.1 cm³/mol. The van der Waals surface area contributed by atoms with Crippen LogP contribution in [-0.4, -0.2) is 18.0 Å². The van der Waals surface area contributed by atoms with Gasteiger partial charge in [-0.05, 0) is 30.3 Å². The summed E-state index contributed by atoms with van der Waals surface area (Å²) in [6.45, 7) is 1.42. The van der Waals surface area contributed by atoms with Crippen LogP contribution in [0.15, 0.2) is 48.7 Å². The number of amides is 1. The molecule has 0 aliphatic rings. The van der Waals surface area contributed by atoms with Crippen LogP contribution in [0, 0.1) is 5.82 Å². The van der Waals surface area contributed by atoms with Crippen molar-refractivity contribution >= 4 is 22.5 Å². The van der Waals surface area contributed by atoms with E-state index in [1.165, 1.54) is 26.2 Å². The molecule has 1 aromatic heterocycles. The van der Waals surface area contributed by atoms with Crippen LogP contribution in [0.1, 0.15) is 6.92 Å². The summed E-state index contributed by atoms with van der Waals surface area (Å²) in [5.74, 6) is 1.01. The van der Waals surface area contributed by atoms with Gasteiger partial charge in [0, 0.05) is 30.6 Å². The third-order valence-electron chi connectivity index (χ3n) is 3.38. The zero-order chi connectivity index (χ0) is 17.1. The Morgan fingerprint density at radius 1 is 1.12 bits per heavy atom. The zero-order valence-electron chi connectivity index (χ0n) is 13.2. The van der Waals surface area contributed by atoms with Crippen molar-refractivity contribution in [2.75, 3.05) is 12.4 Å². The Morgan fingerprint density at radius 2 is 1.96 bits per heavy atom. The molecule has 0 bridgehead atoms. The van der Waals surface area contributed by atoms with Gasteiger partial charge in [0.2, 0.25) is 5.91 Å². The lowest BCUT2D eigenvalue weighted by atomic mass is 10.2. The average molecular weight is 326 g/mol. The highest BCUT2D eigenvalue weighted by atomic mass is 19.1. The number of hydrogen-bond acceptors (Lipinski definition) is 4. The number of hydrogen-bond donors (Lipinski definition) is 1. The van der Waals surface area contributed by atoms with Crippen molar-refractivity contribution < 1.29 is 18.7 Å². The lowest BCUT2D eigenvalue weighted by molar-refractivity contribution is -0.114. The minimum absolute atomic E-state index is 0.191. The van der Waals surface area contributed by atoms with E-state index in [0.717, 1.165) is 0 Å². The standard InChI is InChI=1S/C18H15FN2O3/c1-11(22)21-15-6-4-13(10-18(15)23-2)24-17-7-8-20-16-9-12(19)3-5-14(16)17/h3-10H,1-2H3,(H,21,22). The summed E-state index contributed by atoms with van der Waals surface area (Å²) in [7, 11) is 1.51. The number of ether oxygens (including phenoxy) is 2. The smallest absolute Gasteiger partial charge is 0.221 e. The molecule has 0 spiro atoms. The van der Waals surface area contributed by atoms with E-state index in [1.54, 1.807) is 36.5 Å². The number of carbonyl (C=O) groups is 1.